The zero-order valence-electron chi connectivity index (χ0n) is 10.9. The minimum Gasteiger partial charge on any atom is -0.332 e. The molecule has 1 aromatic heterocycles. The van der Waals surface area contributed by atoms with Gasteiger partial charge in [-0.25, -0.2) is 10.1 Å². The largest absolute Gasteiger partial charge is 0.332 e. The van der Waals surface area contributed by atoms with E-state index in [9.17, 15) is 0 Å². The Hall–Kier alpha value is -1.57. The number of rotatable bonds is 2. The molecular formula is C14H15IN5+. The predicted molar refractivity (Wildman–Crippen MR) is 86.6 cm³/mol. The molecule has 1 saturated heterocycles. The molecule has 1 fully saturated rings. The van der Waals surface area contributed by atoms with Crippen LogP contribution in [-0.4, -0.2) is 28.1 Å². The molecule has 2 aliphatic rings. The highest BCUT2D eigenvalue weighted by Gasteiger charge is 2.43. The van der Waals surface area contributed by atoms with Crippen molar-refractivity contribution in [1.29, 1.82) is 0 Å². The van der Waals surface area contributed by atoms with Gasteiger partial charge in [0.05, 0.1) is 24.8 Å². The Kier molecular flexibility index (Phi) is 2.90. The summed E-state index contributed by atoms with van der Waals surface area (Å²) in [5.41, 5.74) is 2.39. The van der Waals surface area contributed by atoms with E-state index < -0.39 is 0 Å². The molecule has 0 aliphatic carbocycles. The topological polar surface area (TPSA) is 47.3 Å². The van der Waals surface area contributed by atoms with Crippen LogP contribution < -0.4 is 14.9 Å². The highest BCUT2D eigenvalue weighted by atomic mass is 127. The second-order valence-electron chi connectivity index (χ2n) is 4.99. The number of H-pyrrole nitrogens is 1. The van der Waals surface area contributed by atoms with Crippen LogP contribution in [0.3, 0.4) is 0 Å². The number of nitrogens with zero attached hydrogens (tertiary/aromatic N) is 3. The minimum absolute atomic E-state index is 0.458. The molecule has 0 amide bonds. The molecule has 3 heterocycles. The van der Waals surface area contributed by atoms with Gasteiger partial charge in [-0.15, -0.1) is 4.68 Å². The monoisotopic (exact) mass is 380 g/mol. The molecule has 1 unspecified atom stereocenters. The number of aliphatic imine (C=N–C) groups is 1. The highest BCUT2D eigenvalue weighted by molar-refractivity contribution is 14.1. The van der Waals surface area contributed by atoms with E-state index in [1.807, 2.05) is 6.07 Å². The molecule has 4 rings (SSSR count). The number of hydrogen-bond donors (Lipinski definition) is 2. The highest BCUT2D eigenvalue weighted by Crippen LogP contribution is 2.27. The van der Waals surface area contributed by atoms with Crippen molar-refractivity contribution >= 4 is 34.4 Å². The van der Waals surface area contributed by atoms with Crippen LogP contribution >= 0.6 is 22.6 Å². The molecule has 0 radical (unpaired) electrons. The molecule has 1 atom stereocenters. The second kappa shape index (κ2) is 4.76. The first-order chi connectivity index (χ1) is 9.88. The smallest absolute Gasteiger partial charge is 0.315 e. The maximum atomic E-state index is 4.63. The van der Waals surface area contributed by atoms with E-state index in [2.05, 4.69) is 78.0 Å². The van der Waals surface area contributed by atoms with Crippen molar-refractivity contribution in [2.75, 3.05) is 15.9 Å². The van der Waals surface area contributed by atoms with Crippen LogP contribution in [0.1, 0.15) is 5.56 Å². The molecule has 2 aliphatic heterocycles. The molecule has 1 aromatic carbocycles. The van der Waals surface area contributed by atoms with Gasteiger partial charge in [0.1, 0.15) is 6.04 Å². The zero-order chi connectivity index (χ0) is 13.5. The van der Waals surface area contributed by atoms with Gasteiger partial charge in [-0.05, 0) is 12.1 Å². The van der Waals surface area contributed by atoms with Crippen LogP contribution in [0.15, 0.2) is 41.5 Å². The van der Waals surface area contributed by atoms with Crippen LogP contribution in [0, 0.1) is 0 Å². The number of aromatic amines is 1. The lowest BCUT2D eigenvalue weighted by molar-refractivity contribution is -0.642. The van der Waals surface area contributed by atoms with Gasteiger partial charge in [-0.1, -0.05) is 40.8 Å². The molecule has 6 heteroatoms. The number of halogens is 1. The van der Waals surface area contributed by atoms with Gasteiger partial charge >= 0.3 is 5.82 Å². The quantitative estimate of drug-likeness (QED) is 0.470. The van der Waals surface area contributed by atoms with E-state index in [1.165, 1.54) is 11.4 Å². The first kappa shape index (κ1) is 12.2. The van der Waals surface area contributed by atoms with Crippen LogP contribution in [0.2, 0.25) is 0 Å². The summed E-state index contributed by atoms with van der Waals surface area (Å²) in [4.78, 5) is 6.96. The van der Waals surface area contributed by atoms with Crippen molar-refractivity contribution in [2.45, 2.75) is 12.6 Å². The Morgan fingerprint density at radius 1 is 1.35 bits per heavy atom. The number of guanidine groups is 1. The molecule has 0 bridgehead atoms. The average Bonchev–Trinajstić information content (AvgIpc) is 3.11. The average molecular weight is 380 g/mol. The summed E-state index contributed by atoms with van der Waals surface area (Å²) >= 11 is 2.45. The van der Waals surface area contributed by atoms with Crippen LogP contribution in [0.4, 0.5) is 5.82 Å². The Bertz CT molecular complexity index is 663. The third-order valence-electron chi connectivity index (χ3n) is 3.78. The fourth-order valence-corrected chi connectivity index (χ4v) is 3.52. The standard InChI is InChI=1S/C14H14IN5/c15-6-12-9-17-14-16-7-10-8-18-20(13(10)19(12)14)11-4-2-1-3-5-11/h1-5,8,12H,6-7,9H2,(H,16,17)/p+1. The van der Waals surface area contributed by atoms with E-state index in [4.69, 9.17) is 0 Å². The normalized spacial score (nSPS) is 20.1. The molecule has 0 saturated carbocycles. The summed E-state index contributed by atoms with van der Waals surface area (Å²) in [6.45, 7) is 1.69. The maximum absolute atomic E-state index is 4.63. The van der Waals surface area contributed by atoms with E-state index in [1.54, 1.807) is 0 Å². The molecule has 2 N–H and O–H groups in total. The van der Waals surface area contributed by atoms with Crippen molar-refractivity contribution in [1.82, 2.24) is 10.4 Å². The molecule has 20 heavy (non-hydrogen) atoms. The number of benzene rings is 1. The van der Waals surface area contributed by atoms with Crippen molar-refractivity contribution in [3.63, 3.8) is 0 Å². The van der Waals surface area contributed by atoms with Gasteiger partial charge in [0.2, 0.25) is 0 Å². The number of anilines is 1. The summed E-state index contributed by atoms with van der Waals surface area (Å²) in [5, 5.41) is 6.77. The lowest BCUT2D eigenvalue weighted by Gasteiger charge is -2.19. The van der Waals surface area contributed by atoms with Crippen LogP contribution in [0.25, 0.3) is 5.69 Å². The van der Waals surface area contributed by atoms with Gasteiger partial charge in [-0.3, -0.25) is 0 Å². The third-order valence-corrected chi connectivity index (χ3v) is 4.79. The van der Waals surface area contributed by atoms with Gasteiger partial charge in [-0.2, -0.15) is 4.90 Å². The van der Waals surface area contributed by atoms with E-state index in [0.29, 0.717) is 6.04 Å². The molecular weight excluding hydrogens is 365 g/mol. The molecule has 5 nitrogen and oxygen atoms in total. The fourth-order valence-electron chi connectivity index (χ4n) is 2.81. The van der Waals surface area contributed by atoms with Crippen molar-refractivity contribution in [3.8, 4) is 5.69 Å². The zero-order valence-corrected chi connectivity index (χ0v) is 13.0. The summed E-state index contributed by atoms with van der Waals surface area (Å²) in [6.07, 6.45) is 2.06. The van der Waals surface area contributed by atoms with E-state index in [0.717, 1.165) is 29.2 Å². The summed E-state index contributed by atoms with van der Waals surface area (Å²) in [6, 6.07) is 10.9. The van der Waals surface area contributed by atoms with E-state index in [-0.39, 0.29) is 0 Å². The second-order valence-corrected chi connectivity index (χ2v) is 5.87. The third kappa shape index (κ3) is 1.74. The summed E-state index contributed by atoms with van der Waals surface area (Å²) < 4.78 is 3.22. The lowest BCUT2D eigenvalue weighted by Crippen LogP contribution is -2.47. The van der Waals surface area contributed by atoms with Crippen molar-refractivity contribution in [3.05, 3.63) is 42.1 Å². The van der Waals surface area contributed by atoms with Crippen molar-refractivity contribution in [2.24, 2.45) is 4.99 Å². The first-order valence-corrected chi connectivity index (χ1v) is 8.22. The van der Waals surface area contributed by atoms with Crippen molar-refractivity contribution < 1.29 is 4.68 Å². The van der Waals surface area contributed by atoms with Crippen LogP contribution in [0.5, 0.6) is 0 Å². The number of para-hydroxylation sites is 1. The maximum Gasteiger partial charge on any atom is 0.315 e. The predicted octanol–water partition coefficient (Wildman–Crippen LogP) is 1.37. The number of alkyl halides is 1. The van der Waals surface area contributed by atoms with Gasteiger partial charge in [0, 0.05) is 4.43 Å². The fraction of sp³-hybridized carbons (Fsp3) is 0.286. The Morgan fingerprint density at radius 2 is 2.20 bits per heavy atom. The molecule has 0 spiro atoms. The van der Waals surface area contributed by atoms with Gasteiger partial charge in [0.25, 0.3) is 5.96 Å². The Morgan fingerprint density at radius 3 is 3.00 bits per heavy atom. The number of fused-ring (bicyclic) bond motifs is 3. The number of hydrogen-bond acceptors (Lipinski definition) is 3. The van der Waals surface area contributed by atoms with E-state index >= 15 is 0 Å². The summed E-state index contributed by atoms with van der Waals surface area (Å²) in [7, 11) is 0. The van der Waals surface area contributed by atoms with Gasteiger partial charge < -0.3 is 5.32 Å². The van der Waals surface area contributed by atoms with Gasteiger partial charge in [0.15, 0.2) is 5.69 Å². The Balaban J connectivity index is 1.86. The number of nitrogens with one attached hydrogen (secondary N) is 2. The lowest BCUT2D eigenvalue weighted by atomic mass is 10.2. The van der Waals surface area contributed by atoms with Crippen LogP contribution in [-0.2, 0) is 6.54 Å². The SMILES string of the molecule is ICC1CNC2=NCc3c[nH][n+](-c4ccccc4)c3N21. The minimum atomic E-state index is 0.458. The number of aromatic nitrogens is 2. The Labute approximate surface area is 130 Å². The molecule has 102 valence electrons. The molecule has 2 aromatic rings. The summed E-state index contributed by atoms with van der Waals surface area (Å²) in [5.74, 6) is 2.22. The first-order valence-electron chi connectivity index (χ1n) is 6.69.